The van der Waals surface area contributed by atoms with Gasteiger partial charge in [0.1, 0.15) is 0 Å². The molecule has 1 heterocycles. The summed E-state index contributed by atoms with van der Waals surface area (Å²) in [5.74, 6) is 0. The van der Waals surface area contributed by atoms with Gasteiger partial charge in [0.25, 0.3) is 0 Å². The fraction of sp³-hybridized carbons (Fsp3) is 0.552. The van der Waals surface area contributed by atoms with Crippen LogP contribution in [0.4, 0.5) is 4.79 Å². The molecule has 2 amide bonds. The van der Waals surface area contributed by atoms with Gasteiger partial charge in [0, 0.05) is 13.1 Å². The summed E-state index contributed by atoms with van der Waals surface area (Å²) in [5, 5.41) is 0. The van der Waals surface area contributed by atoms with E-state index in [2.05, 4.69) is 84.3 Å². The Labute approximate surface area is 195 Å². The minimum atomic E-state index is 0.0768. The molecule has 2 aromatic carbocycles. The molecule has 0 aromatic heterocycles. The molecule has 0 bridgehead atoms. The summed E-state index contributed by atoms with van der Waals surface area (Å²) in [6.45, 7) is 6.19. The molecule has 174 valence electrons. The van der Waals surface area contributed by atoms with Crippen LogP contribution in [0, 0.1) is 0 Å². The molecule has 3 rings (SSSR count). The highest BCUT2D eigenvalue weighted by Gasteiger charge is 2.46. The summed E-state index contributed by atoms with van der Waals surface area (Å²) in [6, 6.07) is 21.7. The first-order valence-corrected chi connectivity index (χ1v) is 12.9. The van der Waals surface area contributed by atoms with Crippen molar-refractivity contribution in [3.63, 3.8) is 0 Å². The van der Waals surface area contributed by atoms with Crippen molar-refractivity contribution in [3.8, 4) is 0 Å². The van der Waals surface area contributed by atoms with Crippen molar-refractivity contribution < 1.29 is 4.79 Å². The number of hydrogen-bond donors (Lipinski definition) is 0. The van der Waals surface area contributed by atoms with E-state index < -0.39 is 0 Å². The normalized spacial score (nSPS) is 18.5. The SMILES string of the molecule is CCCCCCCN1C(=O)N(CCCCCCC)[C@H](c2ccccc2)[C@H]1c1ccccc1. The third-order valence-corrected chi connectivity index (χ3v) is 6.75. The van der Waals surface area contributed by atoms with Crippen LogP contribution in [0.15, 0.2) is 60.7 Å². The number of nitrogens with zero attached hydrogens (tertiary/aromatic N) is 2. The fourth-order valence-corrected chi connectivity index (χ4v) is 5.01. The molecule has 0 radical (unpaired) electrons. The van der Waals surface area contributed by atoms with Crippen molar-refractivity contribution >= 4 is 6.03 Å². The van der Waals surface area contributed by atoms with Gasteiger partial charge in [-0.05, 0) is 24.0 Å². The maximum absolute atomic E-state index is 13.8. The molecule has 0 saturated carbocycles. The van der Waals surface area contributed by atoms with Crippen LogP contribution in [0.2, 0.25) is 0 Å². The Hall–Kier alpha value is -2.29. The summed E-state index contributed by atoms with van der Waals surface area (Å²) in [4.78, 5) is 18.1. The molecule has 3 heteroatoms. The van der Waals surface area contributed by atoms with Crippen LogP contribution in [0.1, 0.15) is 101 Å². The van der Waals surface area contributed by atoms with E-state index in [1.807, 2.05) is 0 Å². The summed E-state index contributed by atoms with van der Waals surface area (Å²) < 4.78 is 0. The van der Waals surface area contributed by atoms with Crippen molar-refractivity contribution in [2.45, 2.75) is 90.1 Å². The number of rotatable bonds is 14. The van der Waals surface area contributed by atoms with Crippen LogP contribution in [-0.2, 0) is 0 Å². The Bertz CT molecular complexity index is 711. The molecule has 1 aliphatic rings. The summed E-state index contributed by atoms with van der Waals surface area (Å²) >= 11 is 0. The standard InChI is InChI=1S/C29H42N2O/c1-3-5-7-9-17-23-30-27(25-19-13-11-14-20-25)28(26-21-15-12-16-22-26)31(29(30)32)24-18-10-8-6-4-2/h11-16,19-22,27-28H,3-10,17-18,23-24H2,1-2H3/t27-,28-/m1/s1. The van der Waals surface area contributed by atoms with Gasteiger partial charge in [-0.1, -0.05) is 126 Å². The molecule has 3 nitrogen and oxygen atoms in total. The zero-order valence-corrected chi connectivity index (χ0v) is 20.2. The molecule has 32 heavy (non-hydrogen) atoms. The second-order valence-corrected chi connectivity index (χ2v) is 9.21. The number of urea groups is 1. The van der Waals surface area contributed by atoms with Crippen molar-refractivity contribution in [1.29, 1.82) is 0 Å². The average molecular weight is 435 g/mol. The van der Waals surface area contributed by atoms with Crippen LogP contribution in [0.5, 0.6) is 0 Å². The maximum atomic E-state index is 13.8. The van der Waals surface area contributed by atoms with E-state index in [4.69, 9.17) is 0 Å². The van der Waals surface area contributed by atoms with Gasteiger partial charge < -0.3 is 9.80 Å². The molecule has 1 aliphatic heterocycles. The number of hydrogen-bond acceptors (Lipinski definition) is 1. The number of benzene rings is 2. The molecule has 0 unspecified atom stereocenters. The first kappa shape index (κ1) is 24.4. The minimum Gasteiger partial charge on any atom is -0.315 e. The van der Waals surface area contributed by atoms with Gasteiger partial charge in [-0.25, -0.2) is 4.79 Å². The maximum Gasteiger partial charge on any atom is 0.321 e. The van der Waals surface area contributed by atoms with Crippen molar-refractivity contribution in [2.24, 2.45) is 0 Å². The molecule has 0 spiro atoms. The predicted molar refractivity (Wildman–Crippen MR) is 135 cm³/mol. The van der Waals surface area contributed by atoms with E-state index in [-0.39, 0.29) is 18.1 Å². The zero-order valence-electron chi connectivity index (χ0n) is 20.2. The zero-order chi connectivity index (χ0) is 22.6. The molecule has 1 saturated heterocycles. The molecular formula is C29H42N2O. The Morgan fingerprint density at radius 2 is 0.938 bits per heavy atom. The second kappa shape index (κ2) is 13.3. The van der Waals surface area contributed by atoms with Crippen LogP contribution in [-0.4, -0.2) is 28.9 Å². The van der Waals surface area contributed by atoms with E-state index >= 15 is 0 Å². The van der Waals surface area contributed by atoms with E-state index in [1.165, 1.54) is 62.5 Å². The van der Waals surface area contributed by atoms with Gasteiger partial charge in [-0.15, -0.1) is 0 Å². The van der Waals surface area contributed by atoms with Crippen molar-refractivity contribution in [3.05, 3.63) is 71.8 Å². The van der Waals surface area contributed by atoms with Gasteiger partial charge >= 0.3 is 6.03 Å². The summed E-state index contributed by atoms with van der Waals surface area (Å²) in [5.41, 5.74) is 2.49. The highest BCUT2D eigenvalue weighted by atomic mass is 16.2. The van der Waals surface area contributed by atoms with Gasteiger partial charge in [0.05, 0.1) is 12.1 Å². The Kier molecular flexibility index (Phi) is 10.1. The minimum absolute atomic E-state index is 0.0768. The topological polar surface area (TPSA) is 23.6 Å². The van der Waals surface area contributed by atoms with Crippen LogP contribution in [0.25, 0.3) is 0 Å². The lowest BCUT2D eigenvalue weighted by Crippen LogP contribution is -2.34. The quantitative estimate of drug-likeness (QED) is 0.275. The largest absolute Gasteiger partial charge is 0.321 e. The first-order valence-electron chi connectivity index (χ1n) is 12.9. The van der Waals surface area contributed by atoms with Crippen LogP contribution in [0.3, 0.4) is 0 Å². The fourth-order valence-electron chi connectivity index (χ4n) is 5.01. The van der Waals surface area contributed by atoms with E-state index in [1.54, 1.807) is 0 Å². The molecule has 2 aromatic rings. The van der Waals surface area contributed by atoms with Crippen LogP contribution >= 0.6 is 0 Å². The first-order chi connectivity index (χ1) is 15.8. The van der Waals surface area contributed by atoms with Gasteiger partial charge in [0.2, 0.25) is 0 Å². The Morgan fingerprint density at radius 1 is 0.562 bits per heavy atom. The number of carbonyl (C=O) groups excluding carboxylic acids is 1. The monoisotopic (exact) mass is 434 g/mol. The third-order valence-electron chi connectivity index (χ3n) is 6.75. The highest BCUT2D eigenvalue weighted by Crippen LogP contribution is 2.45. The second-order valence-electron chi connectivity index (χ2n) is 9.21. The van der Waals surface area contributed by atoms with E-state index in [0.717, 1.165) is 25.9 Å². The lowest BCUT2D eigenvalue weighted by atomic mass is 9.92. The number of carbonyl (C=O) groups is 1. The lowest BCUT2D eigenvalue weighted by molar-refractivity contribution is 0.183. The molecule has 0 N–H and O–H groups in total. The summed E-state index contributed by atoms with van der Waals surface area (Å²) in [7, 11) is 0. The van der Waals surface area contributed by atoms with E-state index in [9.17, 15) is 4.79 Å². The molecular weight excluding hydrogens is 392 g/mol. The predicted octanol–water partition coefficient (Wildman–Crippen LogP) is 8.15. The Balaban J connectivity index is 1.84. The van der Waals surface area contributed by atoms with Crippen molar-refractivity contribution in [1.82, 2.24) is 9.80 Å². The lowest BCUT2D eigenvalue weighted by Gasteiger charge is -2.29. The molecule has 0 aliphatic carbocycles. The average Bonchev–Trinajstić information content (AvgIpc) is 3.11. The van der Waals surface area contributed by atoms with Gasteiger partial charge in [-0.3, -0.25) is 0 Å². The third kappa shape index (κ3) is 6.37. The van der Waals surface area contributed by atoms with E-state index in [0.29, 0.717) is 0 Å². The van der Waals surface area contributed by atoms with Gasteiger partial charge in [0.15, 0.2) is 0 Å². The number of unbranched alkanes of at least 4 members (excludes halogenated alkanes) is 8. The molecule has 2 atom stereocenters. The molecule has 1 fully saturated rings. The van der Waals surface area contributed by atoms with Gasteiger partial charge in [-0.2, -0.15) is 0 Å². The van der Waals surface area contributed by atoms with Crippen LogP contribution < -0.4 is 0 Å². The number of amides is 2. The van der Waals surface area contributed by atoms with Crippen molar-refractivity contribution in [2.75, 3.05) is 13.1 Å². The summed E-state index contributed by atoms with van der Waals surface area (Å²) in [6.07, 6.45) is 12.2. The smallest absolute Gasteiger partial charge is 0.315 e. The highest BCUT2D eigenvalue weighted by molar-refractivity contribution is 5.79. The Morgan fingerprint density at radius 3 is 1.31 bits per heavy atom.